The van der Waals surface area contributed by atoms with Crippen LogP contribution in [0.2, 0.25) is 0 Å². The molecule has 0 spiro atoms. The van der Waals surface area contributed by atoms with Crippen LogP contribution in [0.25, 0.3) is 0 Å². The molecule has 0 aromatic carbocycles. The Kier molecular flexibility index (Phi) is 3.75. The smallest absolute Gasteiger partial charge is 0.108 e. The van der Waals surface area contributed by atoms with Crippen LogP contribution in [0.3, 0.4) is 0 Å². The molecule has 0 unspecified atom stereocenters. The van der Waals surface area contributed by atoms with Crippen LogP contribution in [0.4, 0.5) is 0 Å². The van der Waals surface area contributed by atoms with Crippen LogP contribution in [0.1, 0.15) is 12.7 Å². The molecule has 0 amide bonds. The monoisotopic (exact) mass is 209 g/mol. The van der Waals surface area contributed by atoms with Crippen molar-refractivity contribution >= 4 is 0 Å². The first kappa shape index (κ1) is 10.6. The summed E-state index contributed by atoms with van der Waals surface area (Å²) in [4.78, 5) is 6.77. The minimum atomic E-state index is 0.880. The summed E-state index contributed by atoms with van der Waals surface area (Å²) in [6.07, 6.45) is 4.97. The fourth-order valence-corrected chi connectivity index (χ4v) is 1.93. The van der Waals surface area contributed by atoms with E-state index in [4.69, 9.17) is 4.74 Å². The van der Waals surface area contributed by atoms with Crippen LogP contribution in [0, 0.1) is 0 Å². The minimum Gasteiger partial charge on any atom is -0.379 e. The second-order valence-corrected chi connectivity index (χ2v) is 3.84. The van der Waals surface area contributed by atoms with Crippen molar-refractivity contribution in [3.05, 3.63) is 18.2 Å². The van der Waals surface area contributed by atoms with Gasteiger partial charge in [0.2, 0.25) is 0 Å². The highest BCUT2D eigenvalue weighted by Gasteiger charge is 2.10. The molecule has 1 aromatic heterocycles. The van der Waals surface area contributed by atoms with Gasteiger partial charge >= 0.3 is 0 Å². The number of imidazole rings is 1. The maximum Gasteiger partial charge on any atom is 0.108 e. The van der Waals surface area contributed by atoms with Crippen molar-refractivity contribution in [3.63, 3.8) is 0 Å². The van der Waals surface area contributed by atoms with E-state index in [1.807, 2.05) is 6.20 Å². The van der Waals surface area contributed by atoms with E-state index in [2.05, 4.69) is 27.6 Å². The Morgan fingerprint density at radius 3 is 2.87 bits per heavy atom. The molecule has 2 rings (SSSR count). The molecule has 1 aromatic rings. The van der Waals surface area contributed by atoms with Crippen molar-refractivity contribution in [1.29, 1.82) is 0 Å². The van der Waals surface area contributed by atoms with Crippen LogP contribution in [0.5, 0.6) is 0 Å². The number of aromatic nitrogens is 2. The number of hydrogen-bond donors (Lipinski definition) is 0. The molecule has 1 aliphatic rings. The van der Waals surface area contributed by atoms with Gasteiger partial charge in [0.1, 0.15) is 5.82 Å². The Balaban J connectivity index is 1.81. The number of nitrogens with zero attached hydrogens (tertiary/aromatic N) is 3. The summed E-state index contributed by atoms with van der Waals surface area (Å²) in [5.41, 5.74) is 0. The Bertz CT molecular complexity index is 292. The molecule has 2 heterocycles. The summed E-state index contributed by atoms with van der Waals surface area (Å²) in [6.45, 7) is 8.19. The largest absolute Gasteiger partial charge is 0.379 e. The molecule has 0 aliphatic carbocycles. The summed E-state index contributed by atoms with van der Waals surface area (Å²) in [6, 6.07) is 0. The zero-order valence-corrected chi connectivity index (χ0v) is 9.35. The fourth-order valence-electron chi connectivity index (χ4n) is 1.93. The van der Waals surface area contributed by atoms with E-state index in [0.29, 0.717) is 0 Å². The van der Waals surface area contributed by atoms with Gasteiger partial charge in [0, 0.05) is 45.0 Å². The first-order chi connectivity index (χ1) is 7.40. The number of aryl methyl sites for hydroxylation is 1. The number of hydrogen-bond acceptors (Lipinski definition) is 3. The summed E-state index contributed by atoms with van der Waals surface area (Å²) >= 11 is 0. The highest BCUT2D eigenvalue weighted by molar-refractivity contribution is 4.91. The molecule has 15 heavy (non-hydrogen) atoms. The van der Waals surface area contributed by atoms with Crippen LogP contribution in [-0.4, -0.2) is 47.3 Å². The molecule has 84 valence electrons. The lowest BCUT2D eigenvalue weighted by molar-refractivity contribution is 0.0363. The zero-order chi connectivity index (χ0) is 10.5. The Labute approximate surface area is 90.9 Å². The van der Waals surface area contributed by atoms with Gasteiger partial charge < -0.3 is 9.30 Å². The van der Waals surface area contributed by atoms with Gasteiger partial charge in [0.15, 0.2) is 0 Å². The lowest BCUT2D eigenvalue weighted by Gasteiger charge is -2.26. The Hall–Kier alpha value is -0.870. The van der Waals surface area contributed by atoms with Crippen LogP contribution >= 0.6 is 0 Å². The van der Waals surface area contributed by atoms with E-state index in [9.17, 15) is 0 Å². The van der Waals surface area contributed by atoms with E-state index in [1.165, 1.54) is 5.82 Å². The van der Waals surface area contributed by atoms with Crippen LogP contribution in [-0.2, 0) is 17.7 Å². The quantitative estimate of drug-likeness (QED) is 0.734. The predicted octanol–water partition coefficient (Wildman–Crippen LogP) is 0.778. The summed E-state index contributed by atoms with van der Waals surface area (Å²) in [5, 5.41) is 0. The fraction of sp³-hybridized carbons (Fsp3) is 0.727. The Morgan fingerprint density at radius 1 is 1.33 bits per heavy atom. The number of rotatable bonds is 4. The highest BCUT2D eigenvalue weighted by atomic mass is 16.5. The van der Waals surface area contributed by atoms with Crippen molar-refractivity contribution in [3.8, 4) is 0 Å². The van der Waals surface area contributed by atoms with Crippen LogP contribution < -0.4 is 0 Å². The third-order valence-electron chi connectivity index (χ3n) is 2.88. The average Bonchev–Trinajstić information content (AvgIpc) is 2.75. The van der Waals surface area contributed by atoms with E-state index in [-0.39, 0.29) is 0 Å². The molecule has 0 saturated carbocycles. The molecular weight excluding hydrogens is 190 g/mol. The molecule has 0 atom stereocenters. The first-order valence-corrected chi connectivity index (χ1v) is 5.70. The molecule has 0 radical (unpaired) electrons. The van der Waals surface area contributed by atoms with Crippen molar-refractivity contribution in [2.45, 2.75) is 19.9 Å². The van der Waals surface area contributed by atoms with Gasteiger partial charge in [-0.05, 0) is 0 Å². The maximum atomic E-state index is 5.32. The van der Waals surface area contributed by atoms with E-state index < -0.39 is 0 Å². The van der Waals surface area contributed by atoms with Gasteiger partial charge in [-0.1, -0.05) is 6.92 Å². The molecule has 0 bridgehead atoms. The Morgan fingerprint density at radius 2 is 2.13 bits per heavy atom. The zero-order valence-electron chi connectivity index (χ0n) is 9.35. The van der Waals surface area contributed by atoms with E-state index in [0.717, 1.165) is 45.8 Å². The number of morpholine rings is 1. The first-order valence-electron chi connectivity index (χ1n) is 5.70. The van der Waals surface area contributed by atoms with Crippen molar-refractivity contribution in [1.82, 2.24) is 14.5 Å². The molecule has 4 heteroatoms. The van der Waals surface area contributed by atoms with Gasteiger partial charge in [-0.15, -0.1) is 0 Å². The van der Waals surface area contributed by atoms with Gasteiger partial charge in [-0.3, -0.25) is 4.90 Å². The predicted molar refractivity (Wildman–Crippen MR) is 58.9 cm³/mol. The molecule has 1 saturated heterocycles. The molecule has 4 nitrogen and oxygen atoms in total. The van der Waals surface area contributed by atoms with Gasteiger partial charge in [-0.2, -0.15) is 0 Å². The van der Waals surface area contributed by atoms with E-state index in [1.54, 1.807) is 0 Å². The highest BCUT2D eigenvalue weighted by Crippen LogP contribution is 2.01. The number of ether oxygens (including phenoxy) is 1. The van der Waals surface area contributed by atoms with E-state index >= 15 is 0 Å². The topological polar surface area (TPSA) is 30.3 Å². The lowest BCUT2D eigenvalue weighted by Crippen LogP contribution is -2.38. The summed E-state index contributed by atoms with van der Waals surface area (Å²) in [5.74, 6) is 1.18. The summed E-state index contributed by atoms with van der Waals surface area (Å²) in [7, 11) is 0. The lowest BCUT2D eigenvalue weighted by atomic mass is 10.4. The van der Waals surface area contributed by atoms with Gasteiger partial charge in [0.25, 0.3) is 0 Å². The summed E-state index contributed by atoms with van der Waals surface area (Å²) < 4.78 is 7.57. The van der Waals surface area contributed by atoms with Crippen LogP contribution in [0.15, 0.2) is 12.4 Å². The van der Waals surface area contributed by atoms with Crippen molar-refractivity contribution in [2.24, 2.45) is 0 Å². The third-order valence-corrected chi connectivity index (χ3v) is 2.88. The molecule has 0 N–H and O–H groups in total. The third kappa shape index (κ3) is 2.79. The van der Waals surface area contributed by atoms with Gasteiger partial charge in [-0.25, -0.2) is 4.98 Å². The van der Waals surface area contributed by atoms with Crippen molar-refractivity contribution < 1.29 is 4.74 Å². The minimum absolute atomic E-state index is 0.880. The average molecular weight is 209 g/mol. The molecule has 1 fully saturated rings. The maximum absolute atomic E-state index is 5.32. The normalized spacial score (nSPS) is 18.2. The molecule has 1 aliphatic heterocycles. The SMILES string of the molecule is CCc1nccn1CCN1CCOCC1. The standard InChI is InChI=1S/C11H19N3O/c1-2-11-12-3-4-14(11)6-5-13-7-9-15-10-8-13/h3-4H,2,5-10H2,1H3. The molecular formula is C11H19N3O. The van der Waals surface area contributed by atoms with Crippen molar-refractivity contribution in [2.75, 3.05) is 32.8 Å². The second kappa shape index (κ2) is 5.28. The van der Waals surface area contributed by atoms with Gasteiger partial charge in [0.05, 0.1) is 13.2 Å². The second-order valence-electron chi connectivity index (χ2n) is 3.84.